The van der Waals surface area contributed by atoms with Gasteiger partial charge >= 0.3 is 5.97 Å². The van der Waals surface area contributed by atoms with E-state index in [4.69, 9.17) is 4.74 Å². The number of phenols is 2. The largest absolute Gasteiger partial charge is 0.504 e. The van der Waals surface area contributed by atoms with Crippen LogP contribution in [-0.4, -0.2) is 16.2 Å². The number of aryl methyl sites for hydroxylation is 1. The van der Waals surface area contributed by atoms with E-state index in [1.54, 1.807) is 42.5 Å². The summed E-state index contributed by atoms with van der Waals surface area (Å²) in [6, 6.07) is 15.3. The summed E-state index contributed by atoms with van der Waals surface area (Å²) >= 11 is 0. The second-order valence-corrected chi connectivity index (χ2v) is 5.18. The molecule has 3 rings (SSSR count). The predicted molar refractivity (Wildman–Crippen MR) is 88.1 cm³/mol. The van der Waals surface area contributed by atoms with E-state index in [0.717, 1.165) is 5.56 Å². The molecule has 0 fully saturated rings. The molecular formula is C19H16O4. The molecule has 23 heavy (non-hydrogen) atoms. The molecule has 0 amide bonds. The topological polar surface area (TPSA) is 66.8 Å². The summed E-state index contributed by atoms with van der Waals surface area (Å²) in [6.07, 6.45) is 0.650. The fraction of sp³-hybridized carbons (Fsp3) is 0.105. The van der Waals surface area contributed by atoms with E-state index >= 15 is 0 Å². The Balaban J connectivity index is 2.14. The normalized spacial score (nSPS) is 10.7. The second-order valence-electron chi connectivity index (χ2n) is 5.18. The summed E-state index contributed by atoms with van der Waals surface area (Å²) < 4.78 is 5.44. The van der Waals surface area contributed by atoms with Crippen molar-refractivity contribution in [3.8, 4) is 17.2 Å². The Labute approximate surface area is 133 Å². The van der Waals surface area contributed by atoms with E-state index in [0.29, 0.717) is 28.5 Å². The standard InChI is InChI=1S/C19H16O4/c1-2-12-8-9-15-14(10-11-16(20)18(15)21)17(12)19(22)23-13-6-4-3-5-7-13/h3-11,20-21H,2H2,1H3. The molecule has 0 saturated carbocycles. The number of phenolic OH excluding ortho intramolecular Hbond substituents is 2. The number of ether oxygens (including phenoxy) is 1. The molecule has 0 spiro atoms. The molecule has 0 atom stereocenters. The molecular weight excluding hydrogens is 292 g/mol. The van der Waals surface area contributed by atoms with Crippen LogP contribution in [-0.2, 0) is 6.42 Å². The monoisotopic (exact) mass is 308 g/mol. The maximum Gasteiger partial charge on any atom is 0.344 e. The lowest BCUT2D eigenvalue weighted by Gasteiger charge is -2.13. The first-order valence-corrected chi connectivity index (χ1v) is 7.35. The van der Waals surface area contributed by atoms with Gasteiger partial charge in [-0.05, 0) is 36.2 Å². The minimum atomic E-state index is -0.483. The molecule has 3 aromatic rings. The Morgan fingerprint density at radius 1 is 0.957 bits per heavy atom. The smallest absolute Gasteiger partial charge is 0.344 e. The van der Waals surface area contributed by atoms with Gasteiger partial charge in [0.05, 0.1) is 5.56 Å². The van der Waals surface area contributed by atoms with Gasteiger partial charge in [0.1, 0.15) is 5.75 Å². The molecule has 2 N–H and O–H groups in total. The van der Waals surface area contributed by atoms with Crippen molar-refractivity contribution in [1.82, 2.24) is 0 Å². The SMILES string of the molecule is CCc1ccc2c(O)c(O)ccc2c1C(=O)Oc1ccccc1. The van der Waals surface area contributed by atoms with Gasteiger partial charge in [0.15, 0.2) is 11.5 Å². The molecule has 0 heterocycles. The lowest BCUT2D eigenvalue weighted by molar-refractivity contribution is 0.0736. The highest BCUT2D eigenvalue weighted by Crippen LogP contribution is 2.36. The second kappa shape index (κ2) is 6.01. The van der Waals surface area contributed by atoms with Crippen LogP contribution >= 0.6 is 0 Å². The average molecular weight is 308 g/mol. The van der Waals surface area contributed by atoms with Gasteiger partial charge in [0, 0.05) is 10.8 Å². The molecule has 4 heteroatoms. The van der Waals surface area contributed by atoms with Crippen molar-refractivity contribution in [2.75, 3.05) is 0 Å². The number of hydrogen-bond acceptors (Lipinski definition) is 4. The maximum atomic E-state index is 12.6. The third-order valence-electron chi connectivity index (χ3n) is 3.78. The average Bonchev–Trinajstić information content (AvgIpc) is 2.58. The van der Waals surface area contributed by atoms with Gasteiger partial charge in [-0.15, -0.1) is 0 Å². The van der Waals surface area contributed by atoms with Gasteiger partial charge in [-0.25, -0.2) is 4.79 Å². The van der Waals surface area contributed by atoms with Gasteiger partial charge in [0.25, 0.3) is 0 Å². The van der Waals surface area contributed by atoms with Crippen LogP contribution < -0.4 is 4.74 Å². The molecule has 0 radical (unpaired) electrons. The van der Waals surface area contributed by atoms with Gasteiger partial charge in [-0.3, -0.25) is 0 Å². The number of para-hydroxylation sites is 1. The molecule has 0 aliphatic rings. The van der Waals surface area contributed by atoms with Crippen LogP contribution in [0.25, 0.3) is 10.8 Å². The van der Waals surface area contributed by atoms with Crippen molar-refractivity contribution in [3.05, 3.63) is 65.7 Å². The van der Waals surface area contributed by atoms with E-state index in [1.165, 1.54) is 6.07 Å². The third kappa shape index (κ3) is 2.71. The molecule has 116 valence electrons. The number of aromatic hydroxyl groups is 2. The Bertz CT molecular complexity index is 869. The van der Waals surface area contributed by atoms with Crippen LogP contribution in [0.2, 0.25) is 0 Å². The Morgan fingerprint density at radius 3 is 2.35 bits per heavy atom. The van der Waals surface area contributed by atoms with E-state index in [2.05, 4.69) is 0 Å². The van der Waals surface area contributed by atoms with Crippen LogP contribution in [0.1, 0.15) is 22.8 Å². The molecule has 0 saturated heterocycles. The van der Waals surface area contributed by atoms with E-state index < -0.39 is 5.97 Å². The zero-order valence-corrected chi connectivity index (χ0v) is 12.6. The van der Waals surface area contributed by atoms with E-state index in [-0.39, 0.29) is 11.5 Å². The zero-order chi connectivity index (χ0) is 16.4. The number of carbonyl (C=O) groups is 1. The molecule has 3 aromatic carbocycles. The lowest BCUT2D eigenvalue weighted by Crippen LogP contribution is -2.12. The van der Waals surface area contributed by atoms with Crippen LogP contribution in [0, 0.1) is 0 Å². The first-order valence-electron chi connectivity index (χ1n) is 7.35. The first-order chi connectivity index (χ1) is 11.1. The van der Waals surface area contributed by atoms with Crippen LogP contribution in [0.3, 0.4) is 0 Å². The van der Waals surface area contributed by atoms with Gasteiger partial charge in [-0.1, -0.05) is 37.3 Å². The summed E-state index contributed by atoms with van der Waals surface area (Å²) in [6.45, 7) is 1.95. The zero-order valence-electron chi connectivity index (χ0n) is 12.6. The third-order valence-corrected chi connectivity index (χ3v) is 3.78. The number of hydrogen-bond donors (Lipinski definition) is 2. The van der Waals surface area contributed by atoms with Crippen molar-refractivity contribution in [2.24, 2.45) is 0 Å². The van der Waals surface area contributed by atoms with Crippen molar-refractivity contribution in [3.63, 3.8) is 0 Å². The van der Waals surface area contributed by atoms with Crippen LogP contribution in [0.5, 0.6) is 17.2 Å². The Morgan fingerprint density at radius 2 is 1.65 bits per heavy atom. The van der Waals surface area contributed by atoms with E-state index in [1.807, 2.05) is 13.0 Å². The van der Waals surface area contributed by atoms with Crippen LogP contribution in [0.4, 0.5) is 0 Å². The highest BCUT2D eigenvalue weighted by molar-refractivity contribution is 6.08. The lowest BCUT2D eigenvalue weighted by atomic mass is 9.96. The quantitative estimate of drug-likeness (QED) is 0.435. The maximum absolute atomic E-state index is 12.6. The summed E-state index contributed by atoms with van der Waals surface area (Å²) in [7, 11) is 0. The minimum absolute atomic E-state index is 0.218. The summed E-state index contributed by atoms with van der Waals surface area (Å²) in [5.41, 5.74) is 1.23. The first kappa shape index (κ1) is 14.9. The number of fused-ring (bicyclic) bond motifs is 1. The Kier molecular flexibility index (Phi) is 3.89. The van der Waals surface area contributed by atoms with Crippen molar-refractivity contribution in [2.45, 2.75) is 13.3 Å². The number of benzene rings is 3. The van der Waals surface area contributed by atoms with Gasteiger partial charge in [-0.2, -0.15) is 0 Å². The summed E-state index contributed by atoms with van der Waals surface area (Å²) in [5.74, 6) is -0.480. The fourth-order valence-electron chi connectivity index (χ4n) is 2.61. The Hall–Kier alpha value is -3.01. The highest BCUT2D eigenvalue weighted by atomic mass is 16.5. The van der Waals surface area contributed by atoms with Crippen molar-refractivity contribution >= 4 is 16.7 Å². The van der Waals surface area contributed by atoms with Crippen molar-refractivity contribution in [1.29, 1.82) is 0 Å². The molecule has 0 aromatic heterocycles. The number of esters is 1. The van der Waals surface area contributed by atoms with Crippen molar-refractivity contribution < 1.29 is 19.7 Å². The molecule has 0 unspecified atom stereocenters. The number of carbonyl (C=O) groups excluding carboxylic acids is 1. The van der Waals surface area contributed by atoms with Crippen LogP contribution in [0.15, 0.2) is 54.6 Å². The fourth-order valence-corrected chi connectivity index (χ4v) is 2.61. The summed E-state index contributed by atoms with van der Waals surface area (Å²) in [5, 5.41) is 20.6. The molecule has 0 aliphatic carbocycles. The predicted octanol–water partition coefficient (Wildman–Crippen LogP) is 4.03. The highest BCUT2D eigenvalue weighted by Gasteiger charge is 2.19. The molecule has 4 nitrogen and oxygen atoms in total. The summed E-state index contributed by atoms with van der Waals surface area (Å²) in [4.78, 5) is 12.6. The van der Waals surface area contributed by atoms with Gasteiger partial charge in [0.2, 0.25) is 0 Å². The molecule has 0 bridgehead atoms. The number of rotatable bonds is 3. The van der Waals surface area contributed by atoms with E-state index in [9.17, 15) is 15.0 Å². The molecule has 0 aliphatic heterocycles. The minimum Gasteiger partial charge on any atom is -0.504 e. The van der Waals surface area contributed by atoms with Gasteiger partial charge < -0.3 is 14.9 Å².